The zero-order valence-electron chi connectivity index (χ0n) is 20.2. The summed E-state index contributed by atoms with van der Waals surface area (Å²) in [6.45, 7) is 4.49. The molecule has 3 aromatic rings. The highest BCUT2D eigenvalue weighted by atomic mass is 16.5. The molecule has 2 amide bonds. The summed E-state index contributed by atoms with van der Waals surface area (Å²) < 4.78 is 12.2. The quantitative estimate of drug-likeness (QED) is 0.213. The number of morpholine rings is 1. The number of hydrogen-bond donors (Lipinski definition) is 1. The van der Waals surface area contributed by atoms with Crippen LogP contribution in [0.2, 0.25) is 0 Å². The van der Waals surface area contributed by atoms with Crippen LogP contribution in [-0.2, 0) is 25.6 Å². The van der Waals surface area contributed by atoms with Gasteiger partial charge in [-0.1, -0.05) is 31.5 Å². The van der Waals surface area contributed by atoms with Crippen LogP contribution in [0.5, 0.6) is 0 Å². The number of ether oxygens (including phenoxy) is 2. The maximum atomic E-state index is 13.1. The van der Waals surface area contributed by atoms with Crippen molar-refractivity contribution in [1.29, 1.82) is 0 Å². The van der Waals surface area contributed by atoms with E-state index in [0.29, 0.717) is 55.1 Å². The van der Waals surface area contributed by atoms with Gasteiger partial charge in [-0.15, -0.1) is 0 Å². The third kappa shape index (κ3) is 5.80. The Balaban J connectivity index is 1.46. The molecule has 9 nitrogen and oxygen atoms in total. The van der Waals surface area contributed by atoms with Gasteiger partial charge in [-0.3, -0.25) is 14.4 Å². The largest absolute Gasteiger partial charge is 0.462 e. The number of ketones is 1. The van der Waals surface area contributed by atoms with Crippen molar-refractivity contribution in [3.63, 3.8) is 0 Å². The minimum absolute atomic E-state index is 0.0607. The number of fused-ring (bicyclic) bond motifs is 1. The number of esters is 1. The molecule has 188 valence electrons. The predicted molar refractivity (Wildman–Crippen MR) is 134 cm³/mol. The van der Waals surface area contributed by atoms with E-state index in [4.69, 9.17) is 9.47 Å². The Labute approximate surface area is 209 Å². The topological polar surface area (TPSA) is 107 Å². The van der Waals surface area contributed by atoms with Crippen molar-refractivity contribution < 1.29 is 28.7 Å². The average molecular weight is 492 g/mol. The summed E-state index contributed by atoms with van der Waals surface area (Å²) in [6.07, 6.45) is 3.27. The van der Waals surface area contributed by atoms with E-state index in [1.165, 1.54) is 12.1 Å². The van der Waals surface area contributed by atoms with Crippen LogP contribution in [0, 0.1) is 0 Å². The van der Waals surface area contributed by atoms with Crippen molar-refractivity contribution >= 4 is 40.2 Å². The van der Waals surface area contributed by atoms with Crippen molar-refractivity contribution in [3.8, 4) is 0 Å². The molecule has 1 aliphatic rings. The van der Waals surface area contributed by atoms with Crippen LogP contribution in [0.15, 0.2) is 54.7 Å². The van der Waals surface area contributed by atoms with Gasteiger partial charge in [-0.25, -0.2) is 4.79 Å². The number of carbonyl (C=O) groups is 4. The van der Waals surface area contributed by atoms with Gasteiger partial charge in [0.25, 0.3) is 11.7 Å². The molecule has 4 rings (SSSR count). The van der Waals surface area contributed by atoms with Gasteiger partial charge >= 0.3 is 5.97 Å². The SMILES string of the molecule is CCCCOC(=O)c1ccc(NC(=O)C(=O)c2cn(CC(=O)N3CCOCC3)c3ccccc23)cc1. The lowest BCUT2D eigenvalue weighted by molar-refractivity contribution is -0.135. The van der Waals surface area contributed by atoms with Crippen molar-refractivity contribution in [2.24, 2.45) is 0 Å². The highest BCUT2D eigenvalue weighted by molar-refractivity contribution is 6.48. The molecule has 9 heteroatoms. The number of benzene rings is 2. The van der Waals surface area contributed by atoms with Crippen LogP contribution in [0.25, 0.3) is 10.9 Å². The molecule has 2 heterocycles. The Morgan fingerprint density at radius 2 is 1.72 bits per heavy atom. The highest BCUT2D eigenvalue weighted by Gasteiger charge is 2.24. The van der Waals surface area contributed by atoms with Crippen molar-refractivity contribution in [2.45, 2.75) is 26.3 Å². The average Bonchev–Trinajstić information content (AvgIpc) is 3.27. The van der Waals surface area contributed by atoms with E-state index in [1.54, 1.807) is 39.9 Å². The molecule has 1 fully saturated rings. The van der Waals surface area contributed by atoms with Gasteiger partial charge in [0.05, 0.1) is 30.9 Å². The van der Waals surface area contributed by atoms with E-state index in [2.05, 4.69) is 5.32 Å². The number of carbonyl (C=O) groups excluding carboxylic acids is 4. The van der Waals surface area contributed by atoms with Gasteiger partial charge in [0.15, 0.2) is 0 Å². The fourth-order valence-electron chi connectivity index (χ4n) is 4.01. The third-order valence-corrected chi connectivity index (χ3v) is 6.02. The molecular weight excluding hydrogens is 462 g/mol. The zero-order chi connectivity index (χ0) is 25.5. The summed E-state index contributed by atoms with van der Waals surface area (Å²) >= 11 is 0. The van der Waals surface area contributed by atoms with Crippen molar-refractivity contribution in [3.05, 3.63) is 65.9 Å². The second kappa shape index (κ2) is 11.6. The molecular formula is C27H29N3O6. The first-order chi connectivity index (χ1) is 17.5. The van der Waals surface area contributed by atoms with Crippen LogP contribution < -0.4 is 5.32 Å². The Bertz CT molecular complexity index is 1260. The van der Waals surface area contributed by atoms with E-state index in [-0.39, 0.29) is 18.0 Å². The summed E-state index contributed by atoms with van der Waals surface area (Å²) in [5.74, 6) is -2.03. The monoisotopic (exact) mass is 491 g/mol. The number of hydrogen-bond acceptors (Lipinski definition) is 6. The Kier molecular flexibility index (Phi) is 8.12. The molecule has 36 heavy (non-hydrogen) atoms. The van der Waals surface area contributed by atoms with Gasteiger partial charge < -0.3 is 24.3 Å². The fraction of sp³-hybridized carbons (Fsp3) is 0.333. The molecule has 0 unspecified atom stereocenters. The van der Waals surface area contributed by atoms with E-state index in [0.717, 1.165) is 12.8 Å². The molecule has 1 N–H and O–H groups in total. The number of unbranched alkanes of at least 4 members (excludes halogenated alkanes) is 1. The van der Waals surface area contributed by atoms with Gasteiger partial charge in [-0.2, -0.15) is 0 Å². The van der Waals surface area contributed by atoms with E-state index >= 15 is 0 Å². The number of aromatic nitrogens is 1. The summed E-state index contributed by atoms with van der Waals surface area (Å²) in [5.41, 5.74) is 1.66. The maximum Gasteiger partial charge on any atom is 0.338 e. The molecule has 1 aromatic heterocycles. The predicted octanol–water partition coefficient (Wildman–Crippen LogP) is 3.28. The molecule has 0 atom stereocenters. The fourth-order valence-corrected chi connectivity index (χ4v) is 4.01. The summed E-state index contributed by atoms with van der Waals surface area (Å²) in [4.78, 5) is 52.4. The molecule has 1 saturated heterocycles. The zero-order valence-corrected chi connectivity index (χ0v) is 20.2. The Morgan fingerprint density at radius 1 is 1.00 bits per heavy atom. The van der Waals surface area contributed by atoms with E-state index in [9.17, 15) is 19.2 Å². The number of Topliss-reactive ketones (excluding diaryl/α,β-unsaturated/α-hetero) is 1. The normalized spacial score (nSPS) is 13.4. The van der Waals surface area contributed by atoms with Crippen LogP contribution in [0.1, 0.15) is 40.5 Å². The summed E-state index contributed by atoms with van der Waals surface area (Å²) in [6, 6.07) is 13.3. The Hall–Kier alpha value is -3.98. The lowest BCUT2D eigenvalue weighted by atomic mass is 10.1. The van der Waals surface area contributed by atoms with Gasteiger partial charge in [0, 0.05) is 35.9 Å². The minimum atomic E-state index is -0.810. The van der Waals surface area contributed by atoms with Crippen molar-refractivity contribution in [1.82, 2.24) is 9.47 Å². The van der Waals surface area contributed by atoms with Crippen LogP contribution in [-0.4, -0.2) is 65.9 Å². The smallest absolute Gasteiger partial charge is 0.338 e. The van der Waals surface area contributed by atoms with Crippen LogP contribution in [0.4, 0.5) is 5.69 Å². The number of amides is 2. The number of nitrogens with zero attached hydrogens (tertiary/aromatic N) is 2. The number of anilines is 1. The third-order valence-electron chi connectivity index (χ3n) is 6.02. The molecule has 0 radical (unpaired) electrons. The Morgan fingerprint density at radius 3 is 2.44 bits per heavy atom. The van der Waals surface area contributed by atoms with E-state index in [1.807, 2.05) is 19.1 Å². The molecule has 2 aromatic carbocycles. The molecule has 1 aliphatic heterocycles. The summed E-state index contributed by atoms with van der Waals surface area (Å²) in [5, 5.41) is 3.18. The lowest BCUT2D eigenvalue weighted by Crippen LogP contribution is -2.42. The second-order valence-corrected chi connectivity index (χ2v) is 8.53. The number of para-hydroxylation sites is 1. The highest BCUT2D eigenvalue weighted by Crippen LogP contribution is 2.23. The van der Waals surface area contributed by atoms with Gasteiger partial charge in [0.1, 0.15) is 6.54 Å². The summed E-state index contributed by atoms with van der Waals surface area (Å²) in [7, 11) is 0. The molecule has 0 saturated carbocycles. The molecule has 0 bridgehead atoms. The lowest BCUT2D eigenvalue weighted by Gasteiger charge is -2.27. The number of rotatable bonds is 9. The van der Waals surface area contributed by atoms with Crippen LogP contribution >= 0.6 is 0 Å². The van der Waals surface area contributed by atoms with Gasteiger partial charge in [-0.05, 0) is 36.8 Å². The maximum absolute atomic E-state index is 13.1. The first kappa shape index (κ1) is 25.1. The number of nitrogens with one attached hydrogen (secondary N) is 1. The molecule has 0 aliphatic carbocycles. The standard InChI is InChI=1S/C27H29N3O6/c1-2-3-14-36-27(34)19-8-10-20(11-9-19)28-26(33)25(32)22-17-30(23-7-5-4-6-21(22)23)18-24(31)29-12-15-35-16-13-29/h4-11,17H,2-3,12-16,18H2,1H3,(H,28,33). The molecule has 0 spiro atoms. The first-order valence-electron chi connectivity index (χ1n) is 12.0. The van der Waals surface area contributed by atoms with E-state index < -0.39 is 17.7 Å². The van der Waals surface area contributed by atoms with Crippen LogP contribution in [0.3, 0.4) is 0 Å². The van der Waals surface area contributed by atoms with Crippen molar-refractivity contribution in [2.75, 3.05) is 38.2 Å². The van der Waals surface area contributed by atoms with Gasteiger partial charge in [0.2, 0.25) is 5.91 Å². The minimum Gasteiger partial charge on any atom is -0.462 e. The first-order valence-corrected chi connectivity index (χ1v) is 12.0. The second-order valence-electron chi connectivity index (χ2n) is 8.53.